The van der Waals surface area contributed by atoms with Gasteiger partial charge >= 0.3 is 0 Å². The second kappa shape index (κ2) is 7.14. The Morgan fingerprint density at radius 2 is 1.77 bits per heavy atom. The van der Waals surface area contributed by atoms with E-state index < -0.39 is 0 Å². The van der Waals surface area contributed by atoms with Crippen molar-refractivity contribution in [3.8, 4) is 0 Å². The summed E-state index contributed by atoms with van der Waals surface area (Å²) in [5, 5.41) is 3.54. The predicted molar refractivity (Wildman–Crippen MR) is 60.9 cm³/mol. The van der Waals surface area contributed by atoms with Gasteiger partial charge in [-0.2, -0.15) is 0 Å². The standard InChI is InChI=1S/C12H25N/c1-6-7-11(4)8-9-13-12(5)10(2)3/h6-7,10-13H,8-9H2,1-5H3/b7-6-. The molecule has 0 aromatic carbocycles. The molecule has 1 N–H and O–H groups in total. The van der Waals surface area contributed by atoms with Crippen molar-refractivity contribution in [1.29, 1.82) is 0 Å². The van der Waals surface area contributed by atoms with Gasteiger partial charge < -0.3 is 5.32 Å². The van der Waals surface area contributed by atoms with E-state index in [9.17, 15) is 0 Å². The number of allylic oxidation sites excluding steroid dienone is 2. The monoisotopic (exact) mass is 183 g/mol. The second-order valence-electron chi connectivity index (χ2n) is 4.28. The van der Waals surface area contributed by atoms with Crippen molar-refractivity contribution < 1.29 is 0 Å². The van der Waals surface area contributed by atoms with Crippen LogP contribution in [0.5, 0.6) is 0 Å². The maximum absolute atomic E-state index is 3.54. The SMILES string of the molecule is C/C=C\C(C)CCNC(C)C(C)C. The van der Waals surface area contributed by atoms with E-state index in [1.165, 1.54) is 6.42 Å². The normalized spacial score (nSPS) is 16.8. The molecule has 78 valence electrons. The molecule has 0 aliphatic carbocycles. The molecule has 0 rings (SSSR count). The van der Waals surface area contributed by atoms with Gasteiger partial charge in [0, 0.05) is 6.04 Å². The van der Waals surface area contributed by atoms with Crippen LogP contribution in [0.15, 0.2) is 12.2 Å². The van der Waals surface area contributed by atoms with Crippen LogP contribution in [0.1, 0.15) is 41.0 Å². The Balaban J connectivity index is 3.44. The highest BCUT2D eigenvalue weighted by atomic mass is 14.9. The highest BCUT2D eigenvalue weighted by Gasteiger charge is 2.05. The molecule has 0 bridgehead atoms. The van der Waals surface area contributed by atoms with E-state index in [1.807, 2.05) is 0 Å². The summed E-state index contributed by atoms with van der Waals surface area (Å²) in [5.41, 5.74) is 0. The van der Waals surface area contributed by atoms with Gasteiger partial charge in [-0.05, 0) is 38.6 Å². The van der Waals surface area contributed by atoms with Crippen molar-refractivity contribution in [1.82, 2.24) is 5.32 Å². The molecule has 0 aliphatic heterocycles. The van der Waals surface area contributed by atoms with Crippen molar-refractivity contribution in [2.24, 2.45) is 11.8 Å². The molecule has 0 spiro atoms. The molecular weight excluding hydrogens is 158 g/mol. The summed E-state index contributed by atoms with van der Waals surface area (Å²) in [4.78, 5) is 0. The largest absolute Gasteiger partial charge is 0.314 e. The molecule has 0 heterocycles. The topological polar surface area (TPSA) is 12.0 Å². The lowest BCUT2D eigenvalue weighted by Gasteiger charge is -2.18. The zero-order valence-corrected chi connectivity index (χ0v) is 9.80. The van der Waals surface area contributed by atoms with Crippen LogP contribution >= 0.6 is 0 Å². The molecule has 0 amide bonds. The minimum Gasteiger partial charge on any atom is -0.314 e. The number of hydrogen-bond acceptors (Lipinski definition) is 1. The Morgan fingerprint density at radius 1 is 1.15 bits per heavy atom. The van der Waals surface area contributed by atoms with Gasteiger partial charge in [0.1, 0.15) is 0 Å². The maximum atomic E-state index is 3.54. The summed E-state index contributed by atoms with van der Waals surface area (Å²) in [7, 11) is 0. The lowest BCUT2D eigenvalue weighted by atomic mass is 10.0. The van der Waals surface area contributed by atoms with Gasteiger partial charge in [0.15, 0.2) is 0 Å². The first kappa shape index (κ1) is 12.7. The second-order valence-corrected chi connectivity index (χ2v) is 4.28. The van der Waals surface area contributed by atoms with Crippen molar-refractivity contribution in [3.05, 3.63) is 12.2 Å². The highest BCUT2D eigenvalue weighted by molar-refractivity contribution is 4.83. The van der Waals surface area contributed by atoms with Crippen molar-refractivity contribution in [2.75, 3.05) is 6.54 Å². The van der Waals surface area contributed by atoms with Crippen molar-refractivity contribution >= 4 is 0 Å². The molecule has 2 atom stereocenters. The van der Waals surface area contributed by atoms with E-state index >= 15 is 0 Å². The summed E-state index contributed by atoms with van der Waals surface area (Å²) >= 11 is 0. The van der Waals surface area contributed by atoms with Gasteiger partial charge in [0.2, 0.25) is 0 Å². The zero-order valence-electron chi connectivity index (χ0n) is 9.80. The first-order valence-electron chi connectivity index (χ1n) is 5.44. The average Bonchev–Trinajstić information content (AvgIpc) is 2.04. The van der Waals surface area contributed by atoms with E-state index in [1.54, 1.807) is 0 Å². The molecule has 2 unspecified atom stereocenters. The highest BCUT2D eigenvalue weighted by Crippen LogP contribution is 2.04. The van der Waals surface area contributed by atoms with E-state index in [0.717, 1.165) is 12.5 Å². The Bertz CT molecular complexity index is 138. The Kier molecular flexibility index (Phi) is 6.97. The Hall–Kier alpha value is -0.300. The third-order valence-corrected chi connectivity index (χ3v) is 2.59. The van der Waals surface area contributed by atoms with Gasteiger partial charge in [0.05, 0.1) is 0 Å². The van der Waals surface area contributed by atoms with Crippen LogP contribution < -0.4 is 5.32 Å². The lowest BCUT2D eigenvalue weighted by Crippen LogP contribution is -2.32. The van der Waals surface area contributed by atoms with Crippen LogP contribution in [0.25, 0.3) is 0 Å². The van der Waals surface area contributed by atoms with E-state index in [-0.39, 0.29) is 0 Å². The molecule has 0 aromatic heterocycles. The lowest BCUT2D eigenvalue weighted by molar-refractivity contribution is 0.414. The minimum absolute atomic E-state index is 0.637. The summed E-state index contributed by atoms with van der Waals surface area (Å²) in [6.45, 7) is 12.2. The molecule has 0 saturated heterocycles. The fraction of sp³-hybridized carbons (Fsp3) is 0.833. The first-order chi connectivity index (χ1) is 6.07. The van der Waals surface area contributed by atoms with Crippen LogP contribution in [-0.2, 0) is 0 Å². The number of nitrogens with one attached hydrogen (secondary N) is 1. The molecule has 1 nitrogen and oxygen atoms in total. The molecule has 0 aromatic rings. The van der Waals surface area contributed by atoms with Crippen LogP contribution in [0.2, 0.25) is 0 Å². The smallest absolute Gasteiger partial charge is 0.00617 e. The van der Waals surface area contributed by atoms with Crippen LogP contribution in [0, 0.1) is 11.8 Å². The average molecular weight is 183 g/mol. The quantitative estimate of drug-likeness (QED) is 0.623. The van der Waals surface area contributed by atoms with Gasteiger partial charge in [-0.3, -0.25) is 0 Å². The molecule has 0 fully saturated rings. The molecule has 0 radical (unpaired) electrons. The maximum Gasteiger partial charge on any atom is 0.00617 e. The summed E-state index contributed by atoms with van der Waals surface area (Å²) in [5.74, 6) is 1.44. The van der Waals surface area contributed by atoms with Gasteiger partial charge in [-0.1, -0.05) is 32.9 Å². The zero-order chi connectivity index (χ0) is 10.3. The minimum atomic E-state index is 0.637. The van der Waals surface area contributed by atoms with E-state index in [2.05, 4.69) is 52.1 Å². The summed E-state index contributed by atoms with van der Waals surface area (Å²) in [6.07, 6.45) is 5.64. The van der Waals surface area contributed by atoms with Gasteiger partial charge in [0.25, 0.3) is 0 Å². The third-order valence-electron chi connectivity index (χ3n) is 2.59. The Morgan fingerprint density at radius 3 is 2.23 bits per heavy atom. The van der Waals surface area contributed by atoms with Gasteiger partial charge in [-0.15, -0.1) is 0 Å². The van der Waals surface area contributed by atoms with Crippen LogP contribution in [0.4, 0.5) is 0 Å². The third kappa shape index (κ3) is 6.83. The van der Waals surface area contributed by atoms with Crippen LogP contribution in [-0.4, -0.2) is 12.6 Å². The number of rotatable bonds is 6. The van der Waals surface area contributed by atoms with Crippen molar-refractivity contribution in [2.45, 2.75) is 47.1 Å². The van der Waals surface area contributed by atoms with E-state index in [0.29, 0.717) is 12.0 Å². The molecule has 13 heavy (non-hydrogen) atoms. The fourth-order valence-electron chi connectivity index (χ4n) is 1.20. The fourth-order valence-corrected chi connectivity index (χ4v) is 1.20. The predicted octanol–water partition coefficient (Wildman–Crippen LogP) is 3.22. The van der Waals surface area contributed by atoms with Crippen molar-refractivity contribution in [3.63, 3.8) is 0 Å². The molecule has 0 saturated carbocycles. The first-order valence-corrected chi connectivity index (χ1v) is 5.44. The summed E-state index contributed by atoms with van der Waals surface area (Å²) in [6, 6.07) is 0.637. The summed E-state index contributed by atoms with van der Waals surface area (Å²) < 4.78 is 0. The van der Waals surface area contributed by atoms with Crippen LogP contribution in [0.3, 0.4) is 0 Å². The molecule has 1 heteroatoms. The number of hydrogen-bond donors (Lipinski definition) is 1. The van der Waals surface area contributed by atoms with Gasteiger partial charge in [-0.25, -0.2) is 0 Å². The molecular formula is C12H25N. The van der Waals surface area contributed by atoms with E-state index in [4.69, 9.17) is 0 Å². The molecule has 0 aliphatic rings. The Labute approximate surface area is 83.6 Å².